The fourth-order valence-corrected chi connectivity index (χ4v) is 4.60. The van der Waals surface area contributed by atoms with Crippen LogP contribution in [-0.4, -0.2) is 34.1 Å². The second kappa shape index (κ2) is 7.84. The SMILES string of the molecule is CCCS(=O)(=O)Nc1cc(F)cc(-c2nc(C3CC3)[nH]c2-c2ccnc(N)n2)c1Cl. The van der Waals surface area contributed by atoms with E-state index in [-0.39, 0.29) is 33.9 Å². The number of hydrogen-bond acceptors (Lipinski definition) is 6. The Morgan fingerprint density at radius 1 is 1.33 bits per heavy atom. The summed E-state index contributed by atoms with van der Waals surface area (Å²) in [5, 5.41) is 0.0493. The Labute approximate surface area is 178 Å². The normalized spacial score (nSPS) is 14.1. The molecule has 0 spiro atoms. The highest BCUT2D eigenvalue weighted by Gasteiger charge is 2.30. The lowest BCUT2D eigenvalue weighted by atomic mass is 10.1. The molecular weight excluding hydrogens is 431 g/mol. The lowest BCUT2D eigenvalue weighted by Crippen LogP contribution is -2.16. The summed E-state index contributed by atoms with van der Waals surface area (Å²) in [4.78, 5) is 16.0. The molecule has 0 saturated heterocycles. The summed E-state index contributed by atoms with van der Waals surface area (Å²) < 4.78 is 41.2. The average Bonchev–Trinajstić information content (AvgIpc) is 3.43. The summed E-state index contributed by atoms with van der Waals surface area (Å²) in [5.41, 5.74) is 7.30. The highest BCUT2D eigenvalue weighted by Crippen LogP contribution is 2.43. The molecule has 3 aromatic rings. The molecule has 1 saturated carbocycles. The van der Waals surface area contributed by atoms with Gasteiger partial charge in [0.05, 0.1) is 33.5 Å². The van der Waals surface area contributed by atoms with E-state index in [1.54, 1.807) is 13.0 Å². The van der Waals surface area contributed by atoms with E-state index in [9.17, 15) is 12.8 Å². The van der Waals surface area contributed by atoms with Gasteiger partial charge in [0.1, 0.15) is 11.6 Å². The summed E-state index contributed by atoms with van der Waals surface area (Å²) in [5.74, 6) is 0.360. The number of hydrogen-bond donors (Lipinski definition) is 3. The van der Waals surface area contributed by atoms with Crippen molar-refractivity contribution >= 4 is 33.3 Å². The minimum Gasteiger partial charge on any atom is -0.368 e. The fourth-order valence-electron chi connectivity index (χ4n) is 3.16. The monoisotopic (exact) mass is 450 g/mol. The molecule has 0 amide bonds. The number of benzene rings is 1. The van der Waals surface area contributed by atoms with Gasteiger partial charge < -0.3 is 10.7 Å². The van der Waals surface area contributed by atoms with Crippen LogP contribution in [0.4, 0.5) is 16.0 Å². The fraction of sp³-hybridized carbons (Fsp3) is 0.316. The molecule has 0 radical (unpaired) electrons. The van der Waals surface area contributed by atoms with E-state index in [1.807, 2.05) is 0 Å². The molecular formula is C19H20ClFN6O2S. The van der Waals surface area contributed by atoms with Crippen molar-refractivity contribution < 1.29 is 12.8 Å². The van der Waals surface area contributed by atoms with Crippen LogP contribution in [0.25, 0.3) is 22.6 Å². The van der Waals surface area contributed by atoms with Crippen LogP contribution in [0.3, 0.4) is 0 Å². The summed E-state index contributed by atoms with van der Waals surface area (Å²) >= 11 is 6.51. The molecule has 1 aliphatic rings. The molecule has 158 valence electrons. The quantitative estimate of drug-likeness (QED) is 0.500. The van der Waals surface area contributed by atoms with Crippen molar-refractivity contribution in [3.05, 3.63) is 41.1 Å². The topological polar surface area (TPSA) is 127 Å². The summed E-state index contributed by atoms with van der Waals surface area (Å²) in [7, 11) is -3.66. The number of nitrogens with two attached hydrogens (primary N) is 1. The zero-order valence-electron chi connectivity index (χ0n) is 16.1. The molecule has 1 aromatic carbocycles. The van der Waals surface area contributed by atoms with Crippen LogP contribution in [0, 0.1) is 5.82 Å². The second-order valence-corrected chi connectivity index (χ2v) is 9.38. The molecule has 2 aromatic heterocycles. The maximum absolute atomic E-state index is 14.5. The molecule has 4 N–H and O–H groups in total. The van der Waals surface area contributed by atoms with Crippen molar-refractivity contribution in [3.8, 4) is 22.6 Å². The van der Waals surface area contributed by atoms with E-state index in [4.69, 9.17) is 17.3 Å². The highest BCUT2D eigenvalue weighted by atomic mass is 35.5. The first kappa shape index (κ1) is 20.5. The first-order valence-corrected chi connectivity index (χ1v) is 11.5. The van der Waals surface area contributed by atoms with Crippen molar-refractivity contribution in [3.63, 3.8) is 0 Å². The lowest BCUT2D eigenvalue weighted by Gasteiger charge is -2.12. The highest BCUT2D eigenvalue weighted by molar-refractivity contribution is 7.92. The number of rotatable bonds is 7. The van der Waals surface area contributed by atoms with Gasteiger partial charge in [-0.3, -0.25) is 4.72 Å². The first-order chi connectivity index (χ1) is 14.3. The van der Waals surface area contributed by atoms with Crippen molar-refractivity contribution in [1.82, 2.24) is 19.9 Å². The van der Waals surface area contributed by atoms with Crippen LogP contribution >= 0.6 is 11.6 Å². The van der Waals surface area contributed by atoms with Gasteiger partial charge in [0.15, 0.2) is 0 Å². The Hall–Kier alpha value is -2.72. The number of halogens is 2. The van der Waals surface area contributed by atoms with E-state index >= 15 is 0 Å². The molecule has 8 nitrogen and oxygen atoms in total. The van der Waals surface area contributed by atoms with Crippen LogP contribution in [0.1, 0.15) is 37.9 Å². The predicted octanol–water partition coefficient (Wildman–Crippen LogP) is 3.94. The number of anilines is 2. The maximum Gasteiger partial charge on any atom is 0.232 e. The standard InChI is InChI=1S/C19H20ClFN6O2S/c1-2-7-30(28,29)27-14-9-11(21)8-12(15(14)20)16-17(13-5-6-23-19(22)24-13)26-18(25-16)10-3-4-10/h5-6,8-10,27H,2-4,7H2,1H3,(H,25,26)(H2,22,23,24). The molecule has 0 bridgehead atoms. The van der Waals surface area contributed by atoms with E-state index in [0.717, 1.165) is 24.7 Å². The molecule has 11 heteroatoms. The zero-order valence-corrected chi connectivity index (χ0v) is 17.7. The van der Waals surface area contributed by atoms with Gasteiger partial charge in [0.25, 0.3) is 0 Å². The van der Waals surface area contributed by atoms with Gasteiger partial charge in [0.2, 0.25) is 16.0 Å². The van der Waals surface area contributed by atoms with Gasteiger partial charge in [-0.05, 0) is 37.5 Å². The third kappa shape index (κ3) is 4.24. The molecule has 30 heavy (non-hydrogen) atoms. The number of H-pyrrole nitrogens is 1. The maximum atomic E-state index is 14.5. The lowest BCUT2D eigenvalue weighted by molar-refractivity contribution is 0.599. The first-order valence-electron chi connectivity index (χ1n) is 9.46. The molecule has 4 rings (SSSR count). The van der Waals surface area contributed by atoms with Crippen molar-refractivity contribution in [2.24, 2.45) is 0 Å². The molecule has 0 unspecified atom stereocenters. The Morgan fingerprint density at radius 3 is 2.77 bits per heavy atom. The number of nitrogens with one attached hydrogen (secondary N) is 2. The third-order valence-corrected chi connectivity index (χ3v) is 6.53. The van der Waals surface area contributed by atoms with Gasteiger partial charge in [0, 0.05) is 17.7 Å². The van der Waals surface area contributed by atoms with Gasteiger partial charge in [-0.25, -0.2) is 27.8 Å². The Morgan fingerprint density at radius 2 is 2.10 bits per heavy atom. The van der Waals surface area contributed by atoms with Gasteiger partial charge in [-0.15, -0.1) is 0 Å². The van der Waals surface area contributed by atoms with Crippen molar-refractivity contribution in [1.29, 1.82) is 0 Å². The minimum absolute atomic E-state index is 0.0377. The van der Waals surface area contributed by atoms with E-state index in [1.165, 1.54) is 12.3 Å². The third-order valence-electron chi connectivity index (χ3n) is 4.65. The van der Waals surface area contributed by atoms with E-state index < -0.39 is 15.8 Å². The number of imidazole rings is 1. The molecule has 0 atom stereocenters. The number of aromatic nitrogens is 4. The minimum atomic E-state index is -3.66. The number of sulfonamides is 1. The van der Waals surface area contributed by atoms with Crippen LogP contribution in [-0.2, 0) is 10.0 Å². The second-order valence-electron chi connectivity index (χ2n) is 7.16. The molecule has 1 aliphatic carbocycles. The largest absolute Gasteiger partial charge is 0.368 e. The molecule has 1 fully saturated rings. The smallest absolute Gasteiger partial charge is 0.232 e. The summed E-state index contributed by atoms with van der Waals surface area (Å²) in [6.45, 7) is 1.74. The zero-order chi connectivity index (χ0) is 21.5. The number of nitrogen functional groups attached to an aromatic ring is 1. The van der Waals surface area contributed by atoms with E-state index in [2.05, 4.69) is 24.7 Å². The van der Waals surface area contributed by atoms with Crippen molar-refractivity contribution in [2.75, 3.05) is 16.2 Å². The summed E-state index contributed by atoms with van der Waals surface area (Å²) in [6, 6.07) is 3.93. The van der Waals surface area contributed by atoms with Gasteiger partial charge in [-0.1, -0.05) is 18.5 Å². The number of nitrogens with zero attached hydrogens (tertiary/aromatic N) is 3. The molecule has 2 heterocycles. The molecule has 0 aliphatic heterocycles. The Balaban J connectivity index is 1.86. The average molecular weight is 451 g/mol. The predicted molar refractivity (Wildman–Crippen MR) is 114 cm³/mol. The van der Waals surface area contributed by atoms with Crippen LogP contribution in [0.15, 0.2) is 24.4 Å². The summed E-state index contributed by atoms with van der Waals surface area (Å²) in [6.07, 6.45) is 3.92. The Bertz CT molecular complexity index is 1210. The van der Waals surface area contributed by atoms with Crippen molar-refractivity contribution in [2.45, 2.75) is 32.1 Å². The van der Waals surface area contributed by atoms with Gasteiger partial charge in [-0.2, -0.15) is 0 Å². The van der Waals surface area contributed by atoms with Crippen LogP contribution < -0.4 is 10.5 Å². The van der Waals surface area contributed by atoms with Gasteiger partial charge >= 0.3 is 0 Å². The van der Waals surface area contributed by atoms with Crippen LogP contribution in [0.5, 0.6) is 0 Å². The Kier molecular flexibility index (Phi) is 5.37. The number of aromatic amines is 1. The van der Waals surface area contributed by atoms with E-state index in [0.29, 0.717) is 23.5 Å². The van der Waals surface area contributed by atoms with Crippen LogP contribution in [0.2, 0.25) is 5.02 Å².